The van der Waals surface area contributed by atoms with E-state index in [9.17, 15) is 9.59 Å². The topological polar surface area (TPSA) is 60.9 Å². The number of carbonyl (C=O) groups excluding carboxylic acids is 1. The van der Waals surface area contributed by atoms with Crippen LogP contribution in [0.3, 0.4) is 0 Å². The van der Waals surface area contributed by atoms with Gasteiger partial charge in [-0.05, 0) is 47.0 Å². The summed E-state index contributed by atoms with van der Waals surface area (Å²) in [6.45, 7) is 8.39. The van der Waals surface area contributed by atoms with Crippen molar-refractivity contribution < 1.29 is 14.7 Å². The molecule has 0 aliphatic carbocycles. The molecule has 1 aliphatic heterocycles. The van der Waals surface area contributed by atoms with Crippen molar-refractivity contribution in [2.45, 2.75) is 71.5 Å². The molecule has 5 heteroatoms. The Kier molecular flexibility index (Phi) is 5.63. The first-order valence-electron chi connectivity index (χ1n) is 7.19. The van der Waals surface area contributed by atoms with Gasteiger partial charge in [0.05, 0.1) is 6.42 Å². The van der Waals surface area contributed by atoms with Crippen molar-refractivity contribution in [1.82, 2.24) is 9.80 Å². The molecule has 0 aromatic heterocycles. The van der Waals surface area contributed by atoms with Crippen molar-refractivity contribution >= 4 is 12.0 Å². The highest BCUT2D eigenvalue weighted by atomic mass is 16.4. The molecule has 1 rings (SSSR count). The molecular weight excluding hydrogens is 244 g/mol. The fourth-order valence-electron chi connectivity index (χ4n) is 2.95. The third kappa shape index (κ3) is 3.85. The van der Waals surface area contributed by atoms with Gasteiger partial charge in [-0.1, -0.05) is 0 Å². The summed E-state index contributed by atoms with van der Waals surface area (Å²) in [7, 11) is 0. The lowest BCUT2D eigenvalue weighted by molar-refractivity contribution is -0.138. The summed E-state index contributed by atoms with van der Waals surface area (Å²) in [5.74, 6) is -0.863. The molecule has 0 spiro atoms. The number of aliphatic carboxylic acids is 1. The molecule has 19 heavy (non-hydrogen) atoms. The monoisotopic (exact) mass is 270 g/mol. The van der Waals surface area contributed by atoms with Gasteiger partial charge in [-0.25, -0.2) is 4.79 Å². The molecule has 5 nitrogen and oxygen atoms in total. The van der Waals surface area contributed by atoms with Gasteiger partial charge in [0.1, 0.15) is 0 Å². The molecule has 3 unspecified atom stereocenters. The molecule has 110 valence electrons. The highest BCUT2D eigenvalue weighted by Gasteiger charge is 2.33. The van der Waals surface area contributed by atoms with Crippen LogP contribution in [-0.4, -0.2) is 51.6 Å². The van der Waals surface area contributed by atoms with E-state index in [1.807, 2.05) is 11.8 Å². The quantitative estimate of drug-likeness (QED) is 0.854. The maximum atomic E-state index is 12.6. The number of carboxylic acid groups (broad SMARTS) is 1. The minimum atomic E-state index is -0.863. The standard InChI is InChI=1S/C14H26N2O3/c1-5-15(12(4)9-13(17)18)14(19)16-10(2)7-6-8-11(16)3/h10-12H,5-9H2,1-4H3,(H,17,18). The molecule has 1 fully saturated rings. The average molecular weight is 270 g/mol. The van der Waals surface area contributed by atoms with E-state index in [0.29, 0.717) is 6.54 Å². The molecular formula is C14H26N2O3. The number of piperidine rings is 1. The fourth-order valence-corrected chi connectivity index (χ4v) is 2.95. The lowest BCUT2D eigenvalue weighted by atomic mass is 9.98. The number of rotatable bonds is 4. The molecule has 0 saturated carbocycles. The second-order valence-corrected chi connectivity index (χ2v) is 5.55. The van der Waals surface area contributed by atoms with Crippen molar-refractivity contribution in [3.63, 3.8) is 0 Å². The molecule has 1 heterocycles. The Hall–Kier alpha value is -1.26. The summed E-state index contributed by atoms with van der Waals surface area (Å²) < 4.78 is 0. The molecule has 1 saturated heterocycles. The maximum Gasteiger partial charge on any atom is 0.320 e. The van der Waals surface area contributed by atoms with E-state index in [1.54, 1.807) is 11.8 Å². The Bertz CT molecular complexity index is 323. The van der Waals surface area contributed by atoms with Crippen LogP contribution in [0.4, 0.5) is 4.79 Å². The number of hydrogen-bond donors (Lipinski definition) is 1. The van der Waals surface area contributed by atoms with Crippen LogP contribution in [0.1, 0.15) is 53.4 Å². The van der Waals surface area contributed by atoms with Crippen molar-refractivity contribution in [3.8, 4) is 0 Å². The van der Waals surface area contributed by atoms with Crippen LogP contribution in [-0.2, 0) is 4.79 Å². The van der Waals surface area contributed by atoms with Crippen LogP contribution in [0.25, 0.3) is 0 Å². The second kappa shape index (κ2) is 6.78. The van der Waals surface area contributed by atoms with Gasteiger partial charge in [-0.2, -0.15) is 0 Å². The van der Waals surface area contributed by atoms with Gasteiger partial charge in [0.15, 0.2) is 0 Å². The summed E-state index contributed by atoms with van der Waals surface area (Å²) in [6, 6.07) is 0.192. The zero-order valence-electron chi connectivity index (χ0n) is 12.4. The molecule has 1 N–H and O–H groups in total. The Morgan fingerprint density at radius 3 is 2.26 bits per heavy atom. The minimum Gasteiger partial charge on any atom is -0.481 e. The average Bonchev–Trinajstić information content (AvgIpc) is 2.28. The largest absolute Gasteiger partial charge is 0.481 e. The maximum absolute atomic E-state index is 12.6. The normalized spacial score (nSPS) is 24.9. The third-order valence-electron chi connectivity index (χ3n) is 4.00. The van der Waals surface area contributed by atoms with Crippen molar-refractivity contribution in [3.05, 3.63) is 0 Å². The van der Waals surface area contributed by atoms with Crippen LogP contribution >= 0.6 is 0 Å². The van der Waals surface area contributed by atoms with Gasteiger partial charge in [0.2, 0.25) is 0 Å². The Morgan fingerprint density at radius 1 is 1.32 bits per heavy atom. The van der Waals surface area contributed by atoms with E-state index in [2.05, 4.69) is 13.8 Å². The van der Waals surface area contributed by atoms with Crippen LogP contribution < -0.4 is 0 Å². The van der Waals surface area contributed by atoms with Crippen LogP contribution in [0, 0.1) is 0 Å². The first kappa shape index (κ1) is 15.8. The zero-order valence-corrected chi connectivity index (χ0v) is 12.4. The number of likely N-dealkylation sites (tertiary alicyclic amines) is 1. The van der Waals surface area contributed by atoms with Crippen molar-refractivity contribution in [2.75, 3.05) is 6.54 Å². The van der Waals surface area contributed by atoms with Crippen LogP contribution in [0.5, 0.6) is 0 Å². The molecule has 2 amide bonds. The fraction of sp³-hybridized carbons (Fsp3) is 0.857. The van der Waals surface area contributed by atoms with Crippen molar-refractivity contribution in [2.24, 2.45) is 0 Å². The highest BCUT2D eigenvalue weighted by Crippen LogP contribution is 2.24. The molecule has 0 bridgehead atoms. The molecule has 1 aliphatic rings. The lowest BCUT2D eigenvalue weighted by Gasteiger charge is -2.43. The Morgan fingerprint density at radius 2 is 1.84 bits per heavy atom. The summed E-state index contributed by atoms with van der Waals surface area (Å²) in [4.78, 5) is 27.0. The lowest BCUT2D eigenvalue weighted by Crippen LogP contribution is -2.55. The van der Waals surface area contributed by atoms with E-state index in [4.69, 9.17) is 5.11 Å². The third-order valence-corrected chi connectivity index (χ3v) is 4.00. The number of nitrogens with zero attached hydrogens (tertiary/aromatic N) is 2. The van der Waals surface area contributed by atoms with Gasteiger partial charge >= 0.3 is 12.0 Å². The highest BCUT2D eigenvalue weighted by molar-refractivity contribution is 5.76. The minimum absolute atomic E-state index is 0.00379. The van der Waals surface area contributed by atoms with E-state index >= 15 is 0 Å². The summed E-state index contributed by atoms with van der Waals surface area (Å²) in [5.41, 5.74) is 0. The number of hydrogen-bond acceptors (Lipinski definition) is 2. The molecule has 0 aromatic rings. The number of amides is 2. The zero-order chi connectivity index (χ0) is 14.6. The molecule has 0 radical (unpaired) electrons. The van der Waals surface area contributed by atoms with Gasteiger partial charge in [-0.15, -0.1) is 0 Å². The van der Waals surface area contributed by atoms with Gasteiger partial charge in [-0.3, -0.25) is 4.79 Å². The summed E-state index contributed by atoms with van der Waals surface area (Å²) in [6.07, 6.45) is 3.21. The second-order valence-electron chi connectivity index (χ2n) is 5.55. The summed E-state index contributed by atoms with van der Waals surface area (Å²) in [5, 5.41) is 8.87. The smallest absolute Gasteiger partial charge is 0.320 e. The Labute approximate surface area is 115 Å². The van der Waals surface area contributed by atoms with Gasteiger partial charge in [0, 0.05) is 24.7 Å². The van der Waals surface area contributed by atoms with Gasteiger partial charge in [0.25, 0.3) is 0 Å². The van der Waals surface area contributed by atoms with E-state index in [-0.39, 0.29) is 30.6 Å². The SMILES string of the molecule is CCN(C(=O)N1C(C)CCCC1C)C(C)CC(=O)O. The summed E-state index contributed by atoms with van der Waals surface area (Å²) >= 11 is 0. The van der Waals surface area contributed by atoms with Crippen molar-refractivity contribution in [1.29, 1.82) is 0 Å². The molecule has 0 aromatic carbocycles. The van der Waals surface area contributed by atoms with Crippen LogP contribution in [0.2, 0.25) is 0 Å². The van der Waals surface area contributed by atoms with E-state index in [1.165, 1.54) is 0 Å². The first-order valence-corrected chi connectivity index (χ1v) is 7.19. The first-order chi connectivity index (χ1) is 8.88. The van der Waals surface area contributed by atoms with Crippen LogP contribution in [0.15, 0.2) is 0 Å². The van der Waals surface area contributed by atoms with E-state index < -0.39 is 5.97 Å². The molecule has 3 atom stereocenters. The van der Waals surface area contributed by atoms with E-state index in [0.717, 1.165) is 19.3 Å². The number of carbonyl (C=O) groups is 2. The predicted octanol–water partition coefficient (Wildman–Crippen LogP) is 2.55. The number of urea groups is 1. The predicted molar refractivity (Wildman–Crippen MR) is 74.1 cm³/mol. The number of carboxylic acids is 1. The van der Waals surface area contributed by atoms with Gasteiger partial charge < -0.3 is 14.9 Å². The Balaban J connectivity index is 2.79.